The first-order valence-corrected chi connectivity index (χ1v) is 7.47. The fourth-order valence-corrected chi connectivity index (χ4v) is 3.51. The van der Waals surface area contributed by atoms with E-state index in [4.69, 9.17) is 11.2 Å². The standard InChI is InChI=1S/C12H14BrNO3S/c1-4-8-14(5-2)18(15,16)10-6-7-12(17-3)11(13)9-10/h1,6-7,9H,5,8H2,2-3H3. The lowest BCUT2D eigenvalue weighted by molar-refractivity contribution is 0.411. The summed E-state index contributed by atoms with van der Waals surface area (Å²) in [7, 11) is -2.04. The monoisotopic (exact) mass is 331 g/mol. The molecule has 0 radical (unpaired) electrons. The van der Waals surface area contributed by atoms with E-state index in [2.05, 4.69) is 21.9 Å². The van der Waals surface area contributed by atoms with Crippen LogP contribution in [0.3, 0.4) is 0 Å². The first-order chi connectivity index (χ1) is 8.47. The van der Waals surface area contributed by atoms with E-state index in [1.807, 2.05) is 0 Å². The van der Waals surface area contributed by atoms with Crippen LogP contribution in [-0.2, 0) is 10.0 Å². The zero-order valence-electron chi connectivity index (χ0n) is 10.2. The summed E-state index contributed by atoms with van der Waals surface area (Å²) in [5, 5.41) is 0. The molecule has 0 aliphatic heterocycles. The third-order valence-electron chi connectivity index (χ3n) is 2.38. The number of nitrogens with zero attached hydrogens (tertiary/aromatic N) is 1. The van der Waals surface area contributed by atoms with Gasteiger partial charge in [-0.05, 0) is 34.1 Å². The highest BCUT2D eigenvalue weighted by Gasteiger charge is 2.23. The molecule has 0 saturated carbocycles. The predicted octanol–water partition coefficient (Wildman–Crippen LogP) is 2.10. The number of methoxy groups -OCH3 is 1. The van der Waals surface area contributed by atoms with Crippen molar-refractivity contribution in [3.63, 3.8) is 0 Å². The summed E-state index contributed by atoms with van der Waals surface area (Å²) < 4.78 is 31.4. The first kappa shape index (κ1) is 15.0. The van der Waals surface area contributed by atoms with Gasteiger partial charge in [0.25, 0.3) is 0 Å². The third-order valence-corrected chi connectivity index (χ3v) is 4.92. The van der Waals surface area contributed by atoms with Gasteiger partial charge < -0.3 is 4.74 Å². The van der Waals surface area contributed by atoms with Crippen molar-refractivity contribution in [2.24, 2.45) is 0 Å². The van der Waals surface area contributed by atoms with E-state index in [9.17, 15) is 8.42 Å². The predicted molar refractivity (Wildman–Crippen MR) is 74.0 cm³/mol. The maximum absolute atomic E-state index is 12.3. The lowest BCUT2D eigenvalue weighted by Gasteiger charge is -2.18. The molecule has 0 unspecified atom stereocenters. The van der Waals surface area contributed by atoms with E-state index >= 15 is 0 Å². The van der Waals surface area contributed by atoms with Gasteiger partial charge in [-0.25, -0.2) is 8.42 Å². The molecule has 0 N–H and O–H groups in total. The number of sulfonamides is 1. The summed E-state index contributed by atoms with van der Waals surface area (Å²) in [5.41, 5.74) is 0. The van der Waals surface area contributed by atoms with Gasteiger partial charge in [0.2, 0.25) is 10.0 Å². The van der Waals surface area contributed by atoms with Crippen molar-refractivity contribution in [3.05, 3.63) is 22.7 Å². The van der Waals surface area contributed by atoms with Crippen LogP contribution < -0.4 is 4.74 Å². The molecule has 98 valence electrons. The Morgan fingerprint density at radius 3 is 2.61 bits per heavy atom. The number of hydrogen-bond donors (Lipinski definition) is 0. The molecule has 0 saturated heterocycles. The second kappa shape index (κ2) is 6.23. The normalized spacial score (nSPS) is 11.3. The van der Waals surface area contributed by atoms with E-state index in [0.29, 0.717) is 16.8 Å². The van der Waals surface area contributed by atoms with Crippen molar-refractivity contribution in [1.82, 2.24) is 4.31 Å². The molecule has 18 heavy (non-hydrogen) atoms. The number of hydrogen-bond acceptors (Lipinski definition) is 3. The first-order valence-electron chi connectivity index (χ1n) is 5.24. The van der Waals surface area contributed by atoms with Crippen molar-refractivity contribution in [1.29, 1.82) is 0 Å². The smallest absolute Gasteiger partial charge is 0.243 e. The molecule has 0 amide bonds. The van der Waals surface area contributed by atoms with Crippen LogP contribution in [-0.4, -0.2) is 32.9 Å². The Morgan fingerprint density at radius 1 is 1.50 bits per heavy atom. The molecule has 6 heteroatoms. The van der Waals surface area contributed by atoms with Crippen LogP contribution in [0.4, 0.5) is 0 Å². The van der Waals surface area contributed by atoms with Crippen molar-refractivity contribution in [3.8, 4) is 18.1 Å². The molecular weight excluding hydrogens is 318 g/mol. The van der Waals surface area contributed by atoms with Crippen LogP contribution in [0, 0.1) is 12.3 Å². The lowest BCUT2D eigenvalue weighted by Crippen LogP contribution is -2.31. The molecule has 1 aromatic carbocycles. The van der Waals surface area contributed by atoms with E-state index in [1.54, 1.807) is 13.0 Å². The summed E-state index contributed by atoms with van der Waals surface area (Å²) >= 11 is 3.26. The Balaban J connectivity index is 3.20. The molecule has 0 bridgehead atoms. The number of halogens is 1. The lowest BCUT2D eigenvalue weighted by atomic mass is 10.3. The summed E-state index contributed by atoms with van der Waals surface area (Å²) in [5.74, 6) is 2.92. The molecule has 0 spiro atoms. The van der Waals surface area contributed by atoms with Crippen molar-refractivity contribution in [2.45, 2.75) is 11.8 Å². The molecule has 0 aromatic heterocycles. The summed E-state index contributed by atoms with van der Waals surface area (Å²) in [6.07, 6.45) is 5.17. The average molecular weight is 332 g/mol. The minimum Gasteiger partial charge on any atom is -0.496 e. The Kier molecular flexibility index (Phi) is 5.20. The van der Waals surface area contributed by atoms with Crippen LogP contribution >= 0.6 is 15.9 Å². The van der Waals surface area contributed by atoms with Crippen molar-refractivity contribution in [2.75, 3.05) is 20.2 Å². The van der Waals surface area contributed by atoms with Gasteiger partial charge in [-0.2, -0.15) is 4.31 Å². The van der Waals surface area contributed by atoms with Crippen LogP contribution in [0.15, 0.2) is 27.6 Å². The molecular formula is C12H14BrNO3S. The van der Waals surface area contributed by atoms with E-state index in [-0.39, 0.29) is 11.4 Å². The second-order valence-electron chi connectivity index (χ2n) is 3.43. The molecule has 0 aliphatic rings. The van der Waals surface area contributed by atoms with Crippen molar-refractivity contribution >= 4 is 26.0 Å². The van der Waals surface area contributed by atoms with Crippen molar-refractivity contribution < 1.29 is 13.2 Å². The fourth-order valence-electron chi connectivity index (χ4n) is 1.43. The van der Waals surface area contributed by atoms with Gasteiger partial charge in [-0.15, -0.1) is 6.42 Å². The van der Waals surface area contributed by atoms with Crippen LogP contribution in [0.2, 0.25) is 0 Å². The Hall–Kier alpha value is -1.03. The van der Waals surface area contributed by atoms with Gasteiger partial charge in [0.15, 0.2) is 0 Å². The van der Waals surface area contributed by atoms with Gasteiger partial charge in [-0.1, -0.05) is 12.8 Å². The summed E-state index contributed by atoms with van der Waals surface area (Å²) in [4.78, 5) is 0.187. The highest BCUT2D eigenvalue weighted by atomic mass is 79.9. The molecule has 0 heterocycles. The fraction of sp³-hybridized carbons (Fsp3) is 0.333. The molecule has 4 nitrogen and oxygen atoms in total. The molecule has 0 atom stereocenters. The van der Waals surface area contributed by atoms with Crippen LogP contribution in [0.1, 0.15) is 6.92 Å². The van der Waals surface area contributed by atoms with Crippen LogP contribution in [0.5, 0.6) is 5.75 Å². The van der Waals surface area contributed by atoms with Gasteiger partial charge in [-0.3, -0.25) is 0 Å². The Labute approximate surface area is 116 Å². The van der Waals surface area contributed by atoms with E-state index < -0.39 is 10.0 Å². The molecule has 0 fully saturated rings. The quantitative estimate of drug-likeness (QED) is 0.776. The number of terminal acetylenes is 1. The van der Waals surface area contributed by atoms with Gasteiger partial charge >= 0.3 is 0 Å². The largest absolute Gasteiger partial charge is 0.496 e. The highest BCUT2D eigenvalue weighted by molar-refractivity contribution is 9.10. The minimum absolute atomic E-state index is 0.0580. The SMILES string of the molecule is C#CCN(CC)S(=O)(=O)c1ccc(OC)c(Br)c1. The van der Waals surface area contributed by atoms with Gasteiger partial charge in [0, 0.05) is 6.54 Å². The Morgan fingerprint density at radius 2 is 2.17 bits per heavy atom. The van der Waals surface area contributed by atoms with Crippen LogP contribution in [0.25, 0.3) is 0 Å². The van der Waals surface area contributed by atoms with E-state index in [0.717, 1.165) is 0 Å². The molecule has 0 aliphatic carbocycles. The summed E-state index contributed by atoms with van der Waals surface area (Å²) in [6, 6.07) is 4.60. The van der Waals surface area contributed by atoms with Gasteiger partial charge in [0.1, 0.15) is 5.75 Å². The maximum Gasteiger partial charge on any atom is 0.243 e. The topological polar surface area (TPSA) is 46.6 Å². The third kappa shape index (κ3) is 3.05. The highest BCUT2D eigenvalue weighted by Crippen LogP contribution is 2.28. The maximum atomic E-state index is 12.3. The molecule has 1 aromatic rings. The zero-order chi connectivity index (χ0) is 13.8. The minimum atomic E-state index is -3.56. The van der Waals surface area contributed by atoms with E-state index in [1.165, 1.54) is 23.5 Å². The average Bonchev–Trinajstić information content (AvgIpc) is 2.35. The second-order valence-corrected chi connectivity index (χ2v) is 6.22. The zero-order valence-corrected chi connectivity index (χ0v) is 12.6. The molecule has 1 rings (SSSR count). The van der Waals surface area contributed by atoms with Gasteiger partial charge in [0.05, 0.1) is 23.0 Å². The number of benzene rings is 1. The summed E-state index contributed by atoms with van der Waals surface area (Å²) in [6.45, 7) is 2.13. The Bertz CT molecular complexity index is 563. The number of rotatable bonds is 5. The number of ether oxygens (including phenoxy) is 1.